The summed E-state index contributed by atoms with van der Waals surface area (Å²) in [7, 11) is 0. The van der Waals surface area contributed by atoms with E-state index in [1.54, 1.807) is 6.07 Å². The fourth-order valence-electron chi connectivity index (χ4n) is 4.02. The van der Waals surface area contributed by atoms with Crippen molar-refractivity contribution in [3.05, 3.63) is 65.1 Å². The minimum atomic E-state index is -0.548. The fraction of sp³-hybridized carbons (Fsp3) is 0.208. The van der Waals surface area contributed by atoms with Crippen molar-refractivity contribution in [3.63, 3.8) is 0 Å². The summed E-state index contributed by atoms with van der Waals surface area (Å²) in [5, 5.41) is 20.2. The lowest BCUT2D eigenvalue weighted by molar-refractivity contribution is -0.121. The van der Waals surface area contributed by atoms with E-state index >= 15 is 0 Å². The highest BCUT2D eigenvalue weighted by molar-refractivity contribution is 6.33. The summed E-state index contributed by atoms with van der Waals surface area (Å²) in [4.78, 5) is 23.8. The van der Waals surface area contributed by atoms with E-state index in [0.29, 0.717) is 16.6 Å². The molecule has 1 amide bonds. The van der Waals surface area contributed by atoms with Crippen LogP contribution in [-0.4, -0.2) is 45.1 Å². The number of aromatic hydroxyl groups is 1. The van der Waals surface area contributed by atoms with Crippen molar-refractivity contribution in [2.75, 3.05) is 18.4 Å². The number of fused-ring (bicyclic) bond motifs is 1. The van der Waals surface area contributed by atoms with E-state index in [0.717, 1.165) is 25.1 Å². The van der Waals surface area contributed by atoms with E-state index in [1.807, 2.05) is 24.3 Å². The molecule has 0 bridgehead atoms. The van der Waals surface area contributed by atoms with Gasteiger partial charge in [-0.05, 0) is 42.8 Å². The molecule has 1 atom stereocenters. The summed E-state index contributed by atoms with van der Waals surface area (Å²) in [6.45, 7) is 1.72. The molecule has 2 aromatic carbocycles. The molecule has 1 unspecified atom stereocenters. The van der Waals surface area contributed by atoms with Gasteiger partial charge >= 0.3 is 0 Å². The van der Waals surface area contributed by atoms with Crippen LogP contribution in [0.15, 0.2) is 48.7 Å². The van der Waals surface area contributed by atoms with Crippen LogP contribution in [0.4, 0.5) is 15.9 Å². The topological polar surface area (TPSA) is 115 Å². The molecule has 174 valence electrons. The van der Waals surface area contributed by atoms with Gasteiger partial charge in [-0.15, -0.1) is 0 Å². The third-order valence-electron chi connectivity index (χ3n) is 5.71. The fourth-order valence-corrected chi connectivity index (χ4v) is 4.27. The monoisotopic (exact) mass is 480 g/mol. The standard InChI is InChI=1S/C24H22ClFN6O2/c25-16-2-1-3-17(26)20(16)22-31-18-12-28-24(34)21(18)23(32-22)30-14-6-4-13(5-7-14)10-19(33)29-15-8-9-27-11-15/h1-7,12,15,27-28,34H,8-11H2,(H,29,33)(H,30,31,32). The molecule has 0 radical (unpaired) electrons. The van der Waals surface area contributed by atoms with Gasteiger partial charge in [0.1, 0.15) is 17.0 Å². The van der Waals surface area contributed by atoms with Crippen LogP contribution in [0.1, 0.15) is 12.0 Å². The number of hydrogen-bond donors (Lipinski definition) is 5. The number of aromatic nitrogens is 3. The lowest BCUT2D eigenvalue weighted by atomic mass is 10.1. The van der Waals surface area contributed by atoms with Crippen molar-refractivity contribution in [1.29, 1.82) is 0 Å². The Bertz CT molecular complexity index is 1330. The van der Waals surface area contributed by atoms with E-state index in [-0.39, 0.29) is 46.5 Å². The van der Waals surface area contributed by atoms with Crippen molar-refractivity contribution in [3.8, 4) is 17.3 Å². The molecule has 0 aliphatic carbocycles. The molecule has 3 heterocycles. The van der Waals surface area contributed by atoms with Gasteiger partial charge in [-0.3, -0.25) is 4.79 Å². The molecule has 2 aromatic heterocycles. The zero-order valence-electron chi connectivity index (χ0n) is 18.0. The van der Waals surface area contributed by atoms with Crippen LogP contribution >= 0.6 is 11.6 Å². The molecule has 1 aliphatic rings. The predicted molar refractivity (Wildman–Crippen MR) is 129 cm³/mol. The van der Waals surface area contributed by atoms with E-state index in [4.69, 9.17) is 11.6 Å². The lowest BCUT2D eigenvalue weighted by Gasteiger charge is -2.12. The van der Waals surface area contributed by atoms with Crippen molar-refractivity contribution in [2.24, 2.45) is 0 Å². The van der Waals surface area contributed by atoms with Gasteiger partial charge in [-0.2, -0.15) is 0 Å². The molecule has 1 fully saturated rings. The third kappa shape index (κ3) is 4.52. The molecule has 10 heteroatoms. The average Bonchev–Trinajstić information content (AvgIpc) is 3.45. The molecule has 4 aromatic rings. The largest absolute Gasteiger partial charge is 0.494 e. The number of anilines is 2. The first-order valence-corrected chi connectivity index (χ1v) is 11.2. The van der Waals surface area contributed by atoms with Crippen molar-refractivity contribution >= 4 is 39.9 Å². The molecule has 5 N–H and O–H groups in total. The van der Waals surface area contributed by atoms with Crippen LogP contribution in [0, 0.1) is 5.82 Å². The highest BCUT2D eigenvalue weighted by Crippen LogP contribution is 2.35. The third-order valence-corrected chi connectivity index (χ3v) is 6.03. The van der Waals surface area contributed by atoms with Gasteiger partial charge in [0.2, 0.25) is 11.8 Å². The summed E-state index contributed by atoms with van der Waals surface area (Å²) in [5.41, 5.74) is 2.02. The minimum absolute atomic E-state index is 0.0180. The van der Waals surface area contributed by atoms with Gasteiger partial charge in [0.05, 0.1) is 22.5 Å². The van der Waals surface area contributed by atoms with Gasteiger partial charge < -0.3 is 26.0 Å². The summed E-state index contributed by atoms with van der Waals surface area (Å²) >= 11 is 6.21. The van der Waals surface area contributed by atoms with Crippen LogP contribution in [0.25, 0.3) is 22.3 Å². The highest BCUT2D eigenvalue weighted by atomic mass is 35.5. The predicted octanol–water partition coefficient (Wildman–Crippen LogP) is 3.89. The second-order valence-corrected chi connectivity index (χ2v) is 8.55. The maximum Gasteiger partial charge on any atom is 0.224 e. The minimum Gasteiger partial charge on any atom is -0.494 e. The first kappa shape index (κ1) is 22.1. The summed E-state index contributed by atoms with van der Waals surface area (Å²) in [5.74, 6) is -0.299. The maximum absolute atomic E-state index is 14.5. The van der Waals surface area contributed by atoms with Crippen LogP contribution in [0.3, 0.4) is 0 Å². The zero-order valence-corrected chi connectivity index (χ0v) is 18.8. The first-order chi connectivity index (χ1) is 16.5. The van der Waals surface area contributed by atoms with Crippen LogP contribution in [0.5, 0.6) is 5.88 Å². The number of benzene rings is 2. The number of nitrogens with one attached hydrogen (secondary N) is 4. The number of carbonyl (C=O) groups is 1. The van der Waals surface area contributed by atoms with E-state index < -0.39 is 5.82 Å². The number of hydrogen-bond acceptors (Lipinski definition) is 6. The van der Waals surface area contributed by atoms with Crippen molar-refractivity contribution < 1.29 is 14.3 Å². The van der Waals surface area contributed by atoms with Gasteiger partial charge in [-0.25, -0.2) is 14.4 Å². The number of H-pyrrole nitrogens is 1. The highest BCUT2D eigenvalue weighted by Gasteiger charge is 2.19. The number of nitrogens with zero attached hydrogens (tertiary/aromatic N) is 2. The molecule has 5 rings (SSSR count). The summed E-state index contributed by atoms with van der Waals surface area (Å²) < 4.78 is 14.5. The molecule has 1 saturated heterocycles. The number of rotatable bonds is 6. The molecular formula is C24H22ClFN6O2. The van der Waals surface area contributed by atoms with E-state index in [9.17, 15) is 14.3 Å². The summed E-state index contributed by atoms with van der Waals surface area (Å²) in [6.07, 6.45) is 2.73. The Morgan fingerprint density at radius 2 is 2.03 bits per heavy atom. The molecule has 8 nitrogen and oxygen atoms in total. The second kappa shape index (κ2) is 9.28. The zero-order chi connectivity index (χ0) is 23.7. The van der Waals surface area contributed by atoms with Gasteiger partial charge in [-0.1, -0.05) is 29.8 Å². The average molecular weight is 481 g/mol. The summed E-state index contributed by atoms with van der Waals surface area (Å²) in [6, 6.07) is 11.9. The second-order valence-electron chi connectivity index (χ2n) is 8.15. The number of carbonyl (C=O) groups excluding carboxylic acids is 1. The van der Waals surface area contributed by atoms with Crippen LogP contribution < -0.4 is 16.0 Å². The maximum atomic E-state index is 14.5. The van der Waals surface area contributed by atoms with Gasteiger partial charge in [0.15, 0.2) is 5.82 Å². The first-order valence-electron chi connectivity index (χ1n) is 10.9. The molecule has 0 saturated carbocycles. The van der Waals surface area contributed by atoms with Crippen molar-refractivity contribution in [2.45, 2.75) is 18.9 Å². The smallest absolute Gasteiger partial charge is 0.224 e. The Morgan fingerprint density at radius 1 is 1.21 bits per heavy atom. The molecule has 34 heavy (non-hydrogen) atoms. The normalized spacial score (nSPS) is 15.5. The Morgan fingerprint density at radius 3 is 2.76 bits per heavy atom. The number of amides is 1. The SMILES string of the molecule is O=C(Cc1ccc(Nc2nc(-c3c(F)cccc3Cl)nc3c[nH]c(O)c23)cc1)NC1CCNC1. The molecule has 0 spiro atoms. The molecular weight excluding hydrogens is 459 g/mol. The van der Waals surface area contributed by atoms with Crippen LogP contribution in [-0.2, 0) is 11.2 Å². The van der Waals surface area contributed by atoms with Gasteiger partial charge in [0.25, 0.3) is 0 Å². The Hall–Kier alpha value is -3.69. The Labute approximate surface area is 199 Å². The Kier molecular flexibility index (Phi) is 6.04. The molecule has 1 aliphatic heterocycles. The van der Waals surface area contributed by atoms with E-state index in [2.05, 4.69) is 30.9 Å². The van der Waals surface area contributed by atoms with Crippen LogP contribution in [0.2, 0.25) is 5.02 Å². The van der Waals surface area contributed by atoms with Gasteiger partial charge in [0, 0.05) is 24.5 Å². The number of halogens is 2. The Balaban J connectivity index is 1.40. The lowest BCUT2D eigenvalue weighted by Crippen LogP contribution is -2.37. The van der Waals surface area contributed by atoms with Crippen molar-refractivity contribution in [1.82, 2.24) is 25.6 Å². The van der Waals surface area contributed by atoms with E-state index in [1.165, 1.54) is 18.3 Å². The number of aromatic amines is 1. The quantitative estimate of drug-likeness (QED) is 0.286.